The maximum absolute atomic E-state index is 12.9. The van der Waals surface area contributed by atoms with Gasteiger partial charge in [0.15, 0.2) is 0 Å². The molecule has 1 aliphatic rings. The lowest BCUT2D eigenvalue weighted by molar-refractivity contribution is -0.135. The largest absolute Gasteiger partial charge is 0.282 e. The van der Waals surface area contributed by atoms with E-state index < -0.39 is 17.5 Å². The zero-order chi connectivity index (χ0) is 12.6. The topological polar surface area (TPSA) is 37.4 Å². The first-order valence-electron chi connectivity index (χ1n) is 4.95. The Bertz CT molecular complexity index is 517. The highest BCUT2D eigenvalue weighted by molar-refractivity contribution is 6.15. The molecule has 2 rings (SSSR count). The maximum atomic E-state index is 12.9. The lowest BCUT2D eigenvalue weighted by atomic mass is 10.1. The number of hydrogen-bond acceptors (Lipinski definition) is 2. The molecule has 0 aromatic heterocycles. The van der Waals surface area contributed by atoms with E-state index in [9.17, 15) is 18.4 Å². The van der Waals surface area contributed by atoms with Gasteiger partial charge in [0, 0.05) is 18.7 Å². The highest BCUT2D eigenvalue weighted by Crippen LogP contribution is 2.20. The van der Waals surface area contributed by atoms with Crippen LogP contribution in [0.2, 0.25) is 0 Å². The molecule has 0 saturated carbocycles. The number of carbonyl (C=O) groups excluding carboxylic acids is 2. The molecule has 0 atom stereocenters. The maximum Gasteiger partial charge on any atom is 0.256 e. The summed E-state index contributed by atoms with van der Waals surface area (Å²) in [6, 6.07) is 2.95. The highest BCUT2D eigenvalue weighted by Gasteiger charge is 2.30. The fraction of sp³-hybridized carbons (Fsp3) is 0.167. The van der Waals surface area contributed by atoms with Crippen LogP contribution in [0.3, 0.4) is 0 Å². The number of carbonyl (C=O) groups is 2. The zero-order valence-electron chi connectivity index (χ0n) is 9.04. The number of halogens is 2. The van der Waals surface area contributed by atoms with E-state index in [1.165, 1.54) is 13.1 Å². The van der Waals surface area contributed by atoms with Crippen LogP contribution in [0.4, 0.5) is 8.78 Å². The van der Waals surface area contributed by atoms with Gasteiger partial charge in [-0.15, -0.1) is 0 Å². The Morgan fingerprint density at radius 1 is 1.18 bits per heavy atom. The second kappa shape index (κ2) is 4.08. The summed E-state index contributed by atoms with van der Waals surface area (Å²) in [5.74, 6) is -2.19. The van der Waals surface area contributed by atoms with Gasteiger partial charge in [0.05, 0.1) is 6.42 Å². The van der Waals surface area contributed by atoms with Crippen molar-refractivity contribution < 1.29 is 18.4 Å². The fourth-order valence-corrected chi connectivity index (χ4v) is 1.66. The van der Waals surface area contributed by atoms with Crippen molar-refractivity contribution in [1.82, 2.24) is 4.90 Å². The molecular formula is C12H9F2NO2. The molecule has 5 heteroatoms. The van der Waals surface area contributed by atoms with Gasteiger partial charge in [-0.25, -0.2) is 8.78 Å². The van der Waals surface area contributed by atoms with Crippen molar-refractivity contribution in [1.29, 1.82) is 0 Å². The summed E-state index contributed by atoms with van der Waals surface area (Å²) in [5, 5.41) is 0. The molecule has 0 spiro atoms. The average molecular weight is 237 g/mol. The SMILES string of the molecule is CN1C(=O)C/C(=C\c2cc(F)cc(F)c2)C1=O. The summed E-state index contributed by atoms with van der Waals surface area (Å²) in [6.07, 6.45) is 1.29. The number of likely N-dealkylation sites (N-methyl/N-ethyl adjacent to an activating group) is 1. The van der Waals surface area contributed by atoms with Crippen molar-refractivity contribution in [3.63, 3.8) is 0 Å². The summed E-state index contributed by atoms with van der Waals surface area (Å²) in [6.45, 7) is 0. The lowest BCUT2D eigenvalue weighted by Crippen LogP contribution is -2.23. The van der Waals surface area contributed by atoms with Crippen molar-refractivity contribution >= 4 is 17.9 Å². The fourth-order valence-electron chi connectivity index (χ4n) is 1.66. The smallest absolute Gasteiger partial charge is 0.256 e. The Kier molecular flexibility index (Phi) is 2.75. The normalized spacial score (nSPS) is 18.3. The number of likely N-dealkylation sites (tertiary alicyclic amines) is 1. The molecule has 1 heterocycles. The molecule has 0 aliphatic carbocycles. The van der Waals surface area contributed by atoms with Crippen molar-refractivity contribution in [2.45, 2.75) is 6.42 Å². The number of nitrogens with zero attached hydrogens (tertiary/aromatic N) is 1. The summed E-state index contributed by atoms with van der Waals surface area (Å²) in [7, 11) is 1.37. The summed E-state index contributed by atoms with van der Waals surface area (Å²) in [4.78, 5) is 23.8. The van der Waals surface area contributed by atoms with Crippen molar-refractivity contribution in [3.05, 3.63) is 41.0 Å². The summed E-state index contributed by atoms with van der Waals surface area (Å²) < 4.78 is 25.8. The molecule has 1 aromatic carbocycles. The van der Waals surface area contributed by atoms with Gasteiger partial charge < -0.3 is 0 Å². The number of hydrogen-bond donors (Lipinski definition) is 0. The van der Waals surface area contributed by atoms with Crippen LogP contribution in [0.15, 0.2) is 23.8 Å². The number of benzene rings is 1. The van der Waals surface area contributed by atoms with Gasteiger partial charge >= 0.3 is 0 Å². The van der Waals surface area contributed by atoms with Crippen molar-refractivity contribution in [2.75, 3.05) is 7.05 Å². The van der Waals surface area contributed by atoms with Gasteiger partial charge in [-0.3, -0.25) is 14.5 Å². The van der Waals surface area contributed by atoms with Crippen LogP contribution >= 0.6 is 0 Å². The van der Waals surface area contributed by atoms with E-state index in [0.717, 1.165) is 23.1 Å². The molecule has 1 aliphatic heterocycles. The van der Waals surface area contributed by atoms with E-state index in [2.05, 4.69) is 0 Å². The van der Waals surface area contributed by atoms with Gasteiger partial charge in [0.1, 0.15) is 11.6 Å². The molecule has 0 unspecified atom stereocenters. The molecule has 88 valence electrons. The minimum Gasteiger partial charge on any atom is -0.282 e. The van der Waals surface area contributed by atoms with Gasteiger partial charge in [0.2, 0.25) is 5.91 Å². The third-order valence-corrected chi connectivity index (χ3v) is 2.52. The quantitative estimate of drug-likeness (QED) is 0.551. The Morgan fingerprint density at radius 2 is 1.76 bits per heavy atom. The second-order valence-corrected chi connectivity index (χ2v) is 3.81. The minimum atomic E-state index is -0.720. The number of imide groups is 1. The Hall–Kier alpha value is -2.04. The third kappa shape index (κ3) is 2.22. The van der Waals surface area contributed by atoms with Crippen LogP contribution in [-0.2, 0) is 9.59 Å². The standard InChI is InChI=1S/C12H9F2NO2/c1-15-11(16)5-8(12(15)17)2-7-3-9(13)6-10(14)4-7/h2-4,6H,5H2,1H3/b8-2+. The first-order valence-corrected chi connectivity index (χ1v) is 4.95. The molecule has 1 fully saturated rings. The Morgan fingerprint density at radius 3 is 2.24 bits per heavy atom. The van der Waals surface area contributed by atoms with E-state index in [1.54, 1.807) is 0 Å². The van der Waals surface area contributed by atoms with Crippen LogP contribution in [0.1, 0.15) is 12.0 Å². The number of rotatable bonds is 1. The molecule has 17 heavy (non-hydrogen) atoms. The van der Waals surface area contributed by atoms with Crippen LogP contribution in [0.25, 0.3) is 6.08 Å². The van der Waals surface area contributed by atoms with Gasteiger partial charge in [-0.05, 0) is 23.8 Å². The monoisotopic (exact) mass is 237 g/mol. The molecule has 3 nitrogen and oxygen atoms in total. The average Bonchev–Trinajstić information content (AvgIpc) is 2.45. The van der Waals surface area contributed by atoms with Crippen molar-refractivity contribution in [2.24, 2.45) is 0 Å². The van der Waals surface area contributed by atoms with Crippen LogP contribution < -0.4 is 0 Å². The first kappa shape index (κ1) is 11.4. The van der Waals surface area contributed by atoms with E-state index in [0.29, 0.717) is 0 Å². The molecule has 1 aromatic rings. The van der Waals surface area contributed by atoms with Gasteiger partial charge in [-0.1, -0.05) is 0 Å². The molecular weight excluding hydrogens is 228 g/mol. The zero-order valence-corrected chi connectivity index (χ0v) is 9.04. The van der Waals surface area contributed by atoms with Gasteiger partial charge in [0.25, 0.3) is 5.91 Å². The second-order valence-electron chi connectivity index (χ2n) is 3.81. The predicted octanol–water partition coefficient (Wildman–Crippen LogP) is 1.74. The van der Waals surface area contributed by atoms with E-state index >= 15 is 0 Å². The summed E-state index contributed by atoms with van der Waals surface area (Å²) in [5.41, 5.74) is 0.469. The highest BCUT2D eigenvalue weighted by atomic mass is 19.1. The van der Waals surface area contributed by atoms with Crippen LogP contribution in [-0.4, -0.2) is 23.8 Å². The third-order valence-electron chi connectivity index (χ3n) is 2.52. The first-order chi connectivity index (χ1) is 7.97. The Labute approximate surface area is 96.3 Å². The molecule has 0 bridgehead atoms. The molecule has 0 N–H and O–H groups in total. The Balaban J connectivity index is 2.37. The van der Waals surface area contributed by atoms with E-state index in [-0.39, 0.29) is 23.5 Å². The van der Waals surface area contributed by atoms with Crippen LogP contribution in [0.5, 0.6) is 0 Å². The van der Waals surface area contributed by atoms with Gasteiger partial charge in [-0.2, -0.15) is 0 Å². The van der Waals surface area contributed by atoms with Crippen LogP contribution in [0, 0.1) is 11.6 Å². The molecule has 1 saturated heterocycles. The number of amides is 2. The molecule has 0 radical (unpaired) electrons. The van der Waals surface area contributed by atoms with E-state index in [4.69, 9.17) is 0 Å². The van der Waals surface area contributed by atoms with Crippen molar-refractivity contribution in [3.8, 4) is 0 Å². The molecule has 2 amide bonds. The lowest BCUT2D eigenvalue weighted by Gasteiger charge is -2.02. The minimum absolute atomic E-state index is 0.0343. The van der Waals surface area contributed by atoms with E-state index in [1.807, 2.05) is 0 Å². The summed E-state index contributed by atoms with van der Waals surface area (Å²) >= 11 is 0. The predicted molar refractivity (Wildman–Crippen MR) is 56.7 cm³/mol.